The average molecular weight is 346 g/mol. The van der Waals surface area contributed by atoms with Crippen molar-refractivity contribution < 1.29 is 27.7 Å². The summed E-state index contributed by atoms with van der Waals surface area (Å²) in [7, 11) is 0. The lowest BCUT2D eigenvalue weighted by atomic mass is 10.2. The number of hydrogen-bond donors (Lipinski definition) is 3. The number of anilines is 1. The molecule has 2 amide bonds. The van der Waals surface area contributed by atoms with Gasteiger partial charge in [-0.25, -0.2) is 0 Å². The molecule has 0 radical (unpaired) electrons. The highest BCUT2D eigenvalue weighted by Gasteiger charge is 2.28. The van der Waals surface area contributed by atoms with E-state index in [9.17, 15) is 22.8 Å². The zero-order valence-corrected chi connectivity index (χ0v) is 13.8. The van der Waals surface area contributed by atoms with Crippen molar-refractivity contribution in [3.8, 4) is 0 Å². The van der Waals surface area contributed by atoms with Crippen molar-refractivity contribution in [1.29, 1.82) is 0 Å². The fourth-order valence-electron chi connectivity index (χ4n) is 2.22. The fraction of sp³-hybridized carbons (Fsp3) is 0.500. The predicted molar refractivity (Wildman–Crippen MR) is 84.7 cm³/mol. The number of amides is 2. The molecule has 1 aromatic rings. The highest BCUT2D eigenvalue weighted by Crippen LogP contribution is 2.12. The van der Waals surface area contributed by atoms with Crippen LogP contribution in [0.3, 0.4) is 0 Å². The Labute approximate surface area is 139 Å². The molecule has 0 aliphatic carbocycles. The zero-order chi connectivity index (χ0) is 18.2. The van der Waals surface area contributed by atoms with E-state index in [1.807, 2.05) is 31.3 Å². The van der Waals surface area contributed by atoms with Gasteiger partial charge >= 0.3 is 6.18 Å². The van der Waals surface area contributed by atoms with Crippen LogP contribution in [0.25, 0.3) is 0 Å². The minimum Gasteiger partial charge on any atom is -0.342 e. The van der Waals surface area contributed by atoms with Crippen LogP contribution in [-0.2, 0) is 9.59 Å². The normalized spacial score (nSPS) is 12.5. The molecule has 0 aromatic heterocycles. The molecule has 0 spiro atoms. The molecule has 0 bridgehead atoms. The van der Waals surface area contributed by atoms with Crippen LogP contribution in [0.15, 0.2) is 24.3 Å². The second kappa shape index (κ2) is 9.27. The van der Waals surface area contributed by atoms with Crippen molar-refractivity contribution in [2.75, 3.05) is 31.5 Å². The second-order valence-corrected chi connectivity index (χ2v) is 5.61. The van der Waals surface area contributed by atoms with Crippen LogP contribution < -0.4 is 15.5 Å². The number of carbonyl (C=O) groups excluding carboxylic acids is 2. The lowest BCUT2D eigenvalue weighted by Crippen LogP contribution is -3.14. The van der Waals surface area contributed by atoms with Gasteiger partial charge in [0, 0.05) is 5.69 Å². The Morgan fingerprint density at radius 3 is 2.33 bits per heavy atom. The van der Waals surface area contributed by atoms with Gasteiger partial charge in [-0.05, 0) is 25.0 Å². The third-order valence-corrected chi connectivity index (χ3v) is 3.33. The highest BCUT2D eigenvalue weighted by molar-refractivity contribution is 5.92. The lowest BCUT2D eigenvalue weighted by Gasteiger charge is -2.18. The molecule has 5 nitrogen and oxygen atoms in total. The molecule has 0 saturated carbocycles. The third kappa shape index (κ3) is 7.96. The molecule has 0 aliphatic rings. The monoisotopic (exact) mass is 346 g/mol. The summed E-state index contributed by atoms with van der Waals surface area (Å²) < 4.78 is 36.3. The zero-order valence-electron chi connectivity index (χ0n) is 13.8. The van der Waals surface area contributed by atoms with E-state index in [0.717, 1.165) is 5.56 Å². The number of aryl methyl sites for hydroxylation is 1. The van der Waals surface area contributed by atoms with Crippen molar-refractivity contribution in [1.82, 2.24) is 5.32 Å². The number of hydrogen-bond acceptors (Lipinski definition) is 2. The molecule has 1 unspecified atom stereocenters. The second-order valence-electron chi connectivity index (χ2n) is 5.61. The molecular weight excluding hydrogens is 323 g/mol. The van der Waals surface area contributed by atoms with Crippen LogP contribution in [0, 0.1) is 6.92 Å². The van der Waals surface area contributed by atoms with E-state index in [1.54, 1.807) is 12.1 Å². The first-order chi connectivity index (χ1) is 11.2. The Kier molecular flexibility index (Phi) is 7.70. The molecule has 3 N–H and O–H groups in total. The van der Waals surface area contributed by atoms with Gasteiger partial charge in [0.05, 0.1) is 6.54 Å². The smallest absolute Gasteiger partial charge is 0.342 e. The summed E-state index contributed by atoms with van der Waals surface area (Å²) in [5, 5.41) is 4.58. The van der Waals surface area contributed by atoms with Crippen LogP contribution in [-0.4, -0.2) is 44.2 Å². The van der Waals surface area contributed by atoms with Crippen molar-refractivity contribution >= 4 is 17.5 Å². The molecule has 0 heterocycles. The maximum absolute atomic E-state index is 12.1. The van der Waals surface area contributed by atoms with Crippen LogP contribution in [0.1, 0.15) is 18.9 Å². The van der Waals surface area contributed by atoms with E-state index in [1.165, 1.54) is 0 Å². The minimum absolute atomic E-state index is 0.0155. The van der Waals surface area contributed by atoms with E-state index >= 15 is 0 Å². The number of halogens is 3. The Balaban J connectivity index is 2.54. The van der Waals surface area contributed by atoms with Gasteiger partial charge < -0.3 is 15.5 Å². The standard InChI is InChI=1S/C16H22F3N3O2/c1-3-8-22(9-14(23)20-11-16(17,18)19)10-15(24)21-13-7-5-4-6-12(13)2/h4-7H,3,8-11H2,1-2H3,(H,20,23)(H,21,24)/p+1. The number of quaternary nitrogens is 1. The van der Waals surface area contributed by atoms with E-state index in [0.29, 0.717) is 23.6 Å². The van der Waals surface area contributed by atoms with Gasteiger partial charge in [-0.3, -0.25) is 9.59 Å². The Hall–Kier alpha value is -2.09. The van der Waals surface area contributed by atoms with E-state index in [4.69, 9.17) is 0 Å². The first kappa shape index (κ1) is 20.0. The van der Waals surface area contributed by atoms with Gasteiger partial charge in [0.2, 0.25) is 0 Å². The van der Waals surface area contributed by atoms with E-state index in [2.05, 4.69) is 5.32 Å². The molecule has 1 rings (SSSR count). The SMILES string of the molecule is CCC[NH+](CC(=O)NCC(F)(F)F)CC(=O)Nc1ccccc1C. The Morgan fingerprint density at radius 1 is 1.12 bits per heavy atom. The Morgan fingerprint density at radius 2 is 1.75 bits per heavy atom. The van der Waals surface area contributed by atoms with Gasteiger partial charge in [0.1, 0.15) is 6.54 Å². The van der Waals surface area contributed by atoms with Crippen molar-refractivity contribution in [2.24, 2.45) is 0 Å². The van der Waals surface area contributed by atoms with Crippen molar-refractivity contribution in [2.45, 2.75) is 26.4 Å². The van der Waals surface area contributed by atoms with Crippen LogP contribution >= 0.6 is 0 Å². The summed E-state index contributed by atoms with van der Waals surface area (Å²) >= 11 is 0. The molecule has 24 heavy (non-hydrogen) atoms. The maximum atomic E-state index is 12.1. The molecule has 0 saturated heterocycles. The molecule has 1 atom stereocenters. The molecule has 1 aromatic carbocycles. The molecule has 0 aliphatic heterocycles. The summed E-state index contributed by atoms with van der Waals surface area (Å²) in [4.78, 5) is 24.3. The van der Waals surface area contributed by atoms with E-state index in [-0.39, 0.29) is 19.0 Å². The Bertz CT molecular complexity index is 562. The summed E-state index contributed by atoms with van der Waals surface area (Å²) in [6.07, 6.45) is -3.73. The van der Waals surface area contributed by atoms with Crippen molar-refractivity contribution in [3.05, 3.63) is 29.8 Å². The predicted octanol–water partition coefficient (Wildman–Crippen LogP) is 0.907. The number of carbonyl (C=O) groups is 2. The molecule has 8 heteroatoms. The minimum atomic E-state index is -4.44. The van der Waals surface area contributed by atoms with Gasteiger partial charge in [0.15, 0.2) is 13.1 Å². The summed E-state index contributed by atoms with van der Waals surface area (Å²) in [5.74, 6) is -1.00. The average Bonchev–Trinajstić information content (AvgIpc) is 2.47. The largest absolute Gasteiger partial charge is 0.405 e. The van der Waals surface area contributed by atoms with Crippen LogP contribution in [0.2, 0.25) is 0 Å². The first-order valence-electron chi connectivity index (χ1n) is 7.73. The van der Waals surface area contributed by atoms with Gasteiger partial charge in [-0.2, -0.15) is 13.2 Å². The third-order valence-electron chi connectivity index (χ3n) is 3.33. The molecule has 134 valence electrons. The summed E-state index contributed by atoms with van der Waals surface area (Å²) in [6, 6.07) is 7.27. The van der Waals surface area contributed by atoms with Crippen LogP contribution in [0.5, 0.6) is 0 Å². The lowest BCUT2D eigenvalue weighted by molar-refractivity contribution is -0.883. The highest BCUT2D eigenvalue weighted by atomic mass is 19.4. The molecular formula is C16H23F3N3O2+. The van der Waals surface area contributed by atoms with Gasteiger partial charge in [-0.1, -0.05) is 25.1 Å². The summed E-state index contributed by atoms with van der Waals surface area (Å²) in [5.41, 5.74) is 1.59. The topological polar surface area (TPSA) is 62.6 Å². The number of benzene rings is 1. The van der Waals surface area contributed by atoms with Gasteiger partial charge in [0.25, 0.3) is 11.8 Å². The quantitative estimate of drug-likeness (QED) is 0.655. The van der Waals surface area contributed by atoms with Crippen molar-refractivity contribution in [3.63, 3.8) is 0 Å². The summed E-state index contributed by atoms with van der Waals surface area (Å²) in [6.45, 7) is 2.73. The first-order valence-corrected chi connectivity index (χ1v) is 7.73. The number of rotatable bonds is 8. The fourth-order valence-corrected chi connectivity index (χ4v) is 2.22. The van der Waals surface area contributed by atoms with Crippen LogP contribution in [0.4, 0.5) is 18.9 Å². The maximum Gasteiger partial charge on any atom is 0.405 e. The van der Waals surface area contributed by atoms with E-state index < -0.39 is 18.6 Å². The van der Waals surface area contributed by atoms with Gasteiger partial charge in [-0.15, -0.1) is 0 Å². The molecule has 0 fully saturated rings. The number of alkyl halides is 3. The number of para-hydroxylation sites is 1. The number of nitrogens with one attached hydrogen (secondary N) is 3.